The highest BCUT2D eigenvalue weighted by atomic mass is 79.9. The van der Waals surface area contributed by atoms with Crippen LogP contribution in [0.3, 0.4) is 0 Å². The van der Waals surface area contributed by atoms with Crippen LogP contribution in [0.2, 0.25) is 0 Å². The number of halogens is 1. The fourth-order valence-corrected chi connectivity index (χ4v) is 3.73. The molecule has 1 saturated carbocycles. The Morgan fingerprint density at radius 2 is 1.90 bits per heavy atom. The van der Waals surface area contributed by atoms with Gasteiger partial charge in [-0.25, -0.2) is 0 Å². The summed E-state index contributed by atoms with van der Waals surface area (Å²) in [6, 6.07) is 17.9. The monoisotopic (exact) mass is 347 g/mol. The molecule has 0 saturated heterocycles. The lowest BCUT2D eigenvalue weighted by atomic mass is 9.76. The van der Waals surface area contributed by atoms with Crippen molar-refractivity contribution >= 4 is 33.4 Å². The standard InChI is InChI=1S/C17H18BrNS/c1-20-17-8-3-2-7-16(17)19-15-10-13(11-15)12-5-4-6-14(18)9-12/h2-9,13,15,19H,10-11H2,1H3. The molecule has 0 aliphatic heterocycles. The molecule has 0 amide bonds. The topological polar surface area (TPSA) is 12.0 Å². The molecule has 0 atom stereocenters. The second-order valence-corrected chi connectivity index (χ2v) is 7.03. The quantitative estimate of drug-likeness (QED) is 0.729. The van der Waals surface area contributed by atoms with Gasteiger partial charge in [0, 0.05) is 21.1 Å². The Hall–Kier alpha value is -0.930. The molecule has 1 nitrogen and oxygen atoms in total. The molecule has 0 unspecified atom stereocenters. The van der Waals surface area contributed by atoms with E-state index in [1.165, 1.54) is 33.5 Å². The predicted octanol–water partition coefficient (Wildman–Crippen LogP) is 5.53. The average molecular weight is 348 g/mol. The summed E-state index contributed by atoms with van der Waals surface area (Å²) >= 11 is 5.36. The summed E-state index contributed by atoms with van der Waals surface area (Å²) in [4.78, 5) is 1.33. The summed E-state index contributed by atoms with van der Waals surface area (Å²) in [5.41, 5.74) is 2.73. The zero-order chi connectivity index (χ0) is 13.9. The fraction of sp³-hybridized carbons (Fsp3) is 0.294. The first kappa shape index (κ1) is 14.0. The van der Waals surface area contributed by atoms with Gasteiger partial charge in [0.2, 0.25) is 0 Å². The van der Waals surface area contributed by atoms with E-state index in [0.717, 1.165) is 0 Å². The molecular weight excluding hydrogens is 330 g/mol. The van der Waals surface area contributed by atoms with Crippen LogP contribution in [0.4, 0.5) is 5.69 Å². The molecule has 2 aromatic rings. The van der Waals surface area contributed by atoms with Crippen LogP contribution in [-0.4, -0.2) is 12.3 Å². The molecule has 0 spiro atoms. The molecule has 0 heterocycles. The molecule has 3 heteroatoms. The molecule has 1 aliphatic rings. The smallest absolute Gasteiger partial charge is 0.0480 e. The summed E-state index contributed by atoms with van der Waals surface area (Å²) in [5, 5.41) is 3.68. The molecule has 1 aliphatic carbocycles. The van der Waals surface area contributed by atoms with Gasteiger partial charge in [-0.15, -0.1) is 11.8 Å². The normalized spacial score (nSPS) is 21.3. The van der Waals surface area contributed by atoms with Gasteiger partial charge in [-0.3, -0.25) is 0 Å². The number of benzene rings is 2. The molecule has 2 aromatic carbocycles. The van der Waals surface area contributed by atoms with E-state index in [0.29, 0.717) is 12.0 Å². The Balaban J connectivity index is 1.61. The lowest BCUT2D eigenvalue weighted by Gasteiger charge is -2.37. The first-order valence-electron chi connectivity index (χ1n) is 6.91. The van der Waals surface area contributed by atoms with Crippen molar-refractivity contribution in [2.75, 3.05) is 11.6 Å². The Morgan fingerprint density at radius 3 is 2.65 bits per heavy atom. The number of anilines is 1. The van der Waals surface area contributed by atoms with Crippen LogP contribution in [0.5, 0.6) is 0 Å². The maximum Gasteiger partial charge on any atom is 0.0480 e. The van der Waals surface area contributed by atoms with Crippen LogP contribution in [-0.2, 0) is 0 Å². The van der Waals surface area contributed by atoms with Crippen LogP contribution in [0.1, 0.15) is 24.3 Å². The van der Waals surface area contributed by atoms with E-state index >= 15 is 0 Å². The van der Waals surface area contributed by atoms with E-state index in [4.69, 9.17) is 0 Å². The van der Waals surface area contributed by atoms with E-state index in [1.54, 1.807) is 11.8 Å². The fourth-order valence-electron chi connectivity index (χ4n) is 2.75. The number of thioether (sulfide) groups is 1. The van der Waals surface area contributed by atoms with Crippen LogP contribution < -0.4 is 5.32 Å². The molecule has 3 rings (SSSR count). The number of nitrogens with one attached hydrogen (secondary N) is 1. The summed E-state index contributed by atoms with van der Waals surface area (Å²) in [5.74, 6) is 0.700. The van der Waals surface area contributed by atoms with Crippen molar-refractivity contribution in [1.82, 2.24) is 0 Å². The SMILES string of the molecule is CSc1ccccc1NC1CC(c2cccc(Br)c2)C1. The molecule has 1 N–H and O–H groups in total. The minimum absolute atomic E-state index is 0.604. The first-order chi connectivity index (χ1) is 9.76. The van der Waals surface area contributed by atoms with Crippen molar-refractivity contribution in [3.8, 4) is 0 Å². The van der Waals surface area contributed by atoms with Crippen molar-refractivity contribution in [3.63, 3.8) is 0 Å². The lowest BCUT2D eigenvalue weighted by Crippen LogP contribution is -2.34. The number of hydrogen-bond acceptors (Lipinski definition) is 2. The molecule has 1 fully saturated rings. The zero-order valence-corrected chi connectivity index (χ0v) is 13.9. The lowest BCUT2D eigenvalue weighted by molar-refractivity contribution is 0.373. The Morgan fingerprint density at radius 1 is 1.10 bits per heavy atom. The largest absolute Gasteiger partial charge is 0.381 e. The minimum atomic E-state index is 0.604. The van der Waals surface area contributed by atoms with Crippen molar-refractivity contribution in [1.29, 1.82) is 0 Å². The van der Waals surface area contributed by atoms with Crippen molar-refractivity contribution in [2.45, 2.75) is 29.7 Å². The van der Waals surface area contributed by atoms with Gasteiger partial charge in [-0.2, -0.15) is 0 Å². The van der Waals surface area contributed by atoms with Gasteiger partial charge in [0.05, 0.1) is 0 Å². The Bertz CT molecular complexity index is 593. The second kappa shape index (κ2) is 6.23. The van der Waals surface area contributed by atoms with Gasteiger partial charge in [-0.1, -0.05) is 40.2 Å². The van der Waals surface area contributed by atoms with Crippen LogP contribution in [0.15, 0.2) is 57.9 Å². The number of hydrogen-bond donors (Lipinski definition) is 1. The van der Waals surface area contributed by atoms with Crippen molar-refractivity contribution in [2.24, 2.45) is 0 Å². The molecular formula is C17H18BrNS. The summed E-state index contributed by atoms with van der Waals surface area (Å²) in [7, 11) is 0. The maximum atomic E-state index is 3.68. The van der Waals surface area contributed by atoms with E-state index in [9.17, 15) is 0 Å². The summed E-state index contributed by atoms with van der Waals surface area (Å²) < 4.78 is 1.18. The highest BCUT2D eigenvalue weighted by Gasteiger charge is 2.30. The van der Waals surface area contributed by atoms with E-state index in [1.807, 2.05) is 0 Å². The number of rotatable bonds is 4. The van der Waals surface area contributed by atoms with Crippen LogP contribution in [0.25, 0.3) is 0 Å². The van der Waals surface area contributed by atoms with Gasteiger partial charge in [0.25, 0.3) is 0 Å². The van der Waals surface area contributed by atoms with Crippen molar-refractivity contribution < 1.29 is 0 Å². The third-order valence-electron chi connectivity index (χ3n) is 3.92. The first-order valence-corrected chi connectivity index (χ1v) is 8.93. The van der Waals surface area contributed by atoms with Gasteiger partial charge in [0.1, 0.15) is 0 Å². The minimum Gasteiger partial charge on any atom is -0.381 e. The van der Waals surface area contributed by atoms with Gasteiger partial charge >= 0.3 is 0 Å². The molecule has 0 aromatic heterocycles. The van der Waals surface area contributed by atoms with E-state index < -0.39 is 0 Å². The maximum absolute atomic E-state index is 3.68. The molecule has 0 bridgehead atoms. The van der Waals surface area contributed by atoms with E-state index in [-0.39, 0.29) is 0 Å². The average Bonchev–Trinajstić information content (AvgIpc) is 2.42. The third kappa shape index (κ3) is 3.04. The molecule has 0 radical (unpaired) electrons. The Labute approximate surface area is 133 Å². The van der Waals surface area contributed by atoms with Crippen LogP contribution >= 0.6 is 27.7 Å². The Kier molecular flexibility index (Phi) is 4.37. The molecule has 104 valence electrons. The van der Waals surface area contributed by atoms with Gasteiger partial charge in [-0.05, 0) is 54.8 Å². The summed E-state index contributed by atoms with van der Waals surface area (Å²) in [6.45, 7) is 0. The van der Waals surface area contributed by atoms with Crippen molar-refractivity contribution in [3.05, 3.63) is 58.6 Å². The highest BCUT2D eigenvalue weighted by Crippen LogP contribution is 2.40. The van der Waals surface area contributed by atoms with Gasteiger partial charge in [0.15, 0.2) is 0 Å². The van der Waals surface area contributed by atoms with E-state index in [2.05, 4.69) is 76.0 Å². The van der Waals surface area contributed by atoms with Crippen LogP contribution in [0, 0.1) is 0 Å². The summed E-state index contributed by atoms with van der Waals surface area (Å²) in [6.07, 6.45) is 4.57. The second-order valence-electron chi connectivity index (χ2n) is 5.26. The zero-order valence-electron chi connectivity index (χ0n) is 11.5. The molecule has 20 heavy (non-hydrogen) atoms. The highest BCUT2D eigenvalue weighted by molar-refractivity contribution is 9.10. The number of para-hydroxylation sites is 1. The van der Waals surface area contributed by atoms with Gasteiger partial charge < -0.3 is 5.32 Å². The predicted molar refractivity (Wildman–Crippen MR) is 91.8 cm³/mol. The third-order valence-corrected chi connectivity index (χ3v) is 5.21.